The molecule has 5 nitrogen and oxygen atoms in total. The summed E-state index contributed by atoms with van der Waals surface area (Å²) in [7, 11) is 0. The van der Waals surface area contributed by atoms with Gasteiger partial charge < -0.3 is 10.1 Å². The lowest BCUT2D eigenvalue weighted by atomic mass is 10.1. The van der Waals surface area contributed by atoms with Gasteiger partial charge in [0.05, 0.1) is 6.54 Å². The third kappa shape index (κ3) is 3.77. The molecule has 0 unspecified atom stereocenters. The Morgan fingerprint density at radius 3 is 2.61 bits per heavy atom. The number of amides is 1. The van der Waals surface area contributed by atoms with Gasteiger partial charge in [0, 0.05) is 11.8 Å². The molecular weight excluding hydrogens is 290 g/mol. The predicted octanol–water partition coefficient (Wildman–Crippen LogP) is 2.89. The molecule has 0 aliphatic heterocycles. The molecule has 5 heteroatoms. The maximum absolute atomic E-state index is 11.8. The van der Waals surface area contributed by atoms with Gasteiger partial charge in [-0.2, -0.15) is 5.10 Å². The maximum atomic E-state index is 11.8. The first kappa shape index (κ1) is 14.8. The molecule has 0 aliphatic carbocycles. The zero-order valence-corrected chi connectivity index (χ0v) is 12.5. The fourth-order valence-corrected chi connectivity index (χ4v) is 2.25. The third-order valence-electron chi connectivity index (χ3n) is 3.36. The van der Waals surface area contributed by atoms with Crippen LogP contribution in [-0.2, 0) is 0 Å². The lowest BCUT2D eigenvalue weighted by Gasteiger charge is -2.12. The maximum Gasteiger partial charge on any atom is 0.269 e. The van der Waals surface area contributed by atoms with Gasteiger partial charge in [0.25, 0.3) is 5.91 Å². The van der Waals surface area contributed by atoms with Crippen LogP contribution in [0.25, 0.3) is 11.1 Å². The highest BCUT2D eigenvalue weighted by Crippen LogP contribution is 2.29. The summed E-state index contributed by atoms with van der Waals surface area (Å²) in [6, 6.07) is 19.6. The van der Waals surface area contributed by atoms with Crippen molar-refractivity contribution in [1.29, 1.82) is 0 Å². The van der Waals surface area contributed by atoms with Crippen molar-refractivity contribution < 1.29 is 9.53 Å². The van der Waals surface area contributed by atoms with E-state index in [-0.39, 0.29) is 5.91 Å². The number of hydrogen-bond acceptors (Lipinski definition) is 3. The molecule has 1 aromatic heterocycles. The number of nitrogens with zero attached hydrogens (tertiary/aromatic N) is 1. The summed E-state index contributed by atoms with van der Waals surface area (Å²) in [5, 5.41) is 9.15. The lowest BCUT2D eigenvalue weighted by Crippen LogP contribution is -2.28. The third-order valence-corrected chi connectivity index (χ3v) is 3.36. The van der Waals surface area contributed by atoms with E-state index in [4.69, 9.17) is 4.74 Å². The second-order valence-corrected chi connectivity index (χ2v) is 4.94. The fraction of sp³-hybridized carbons (Fsp3) is 0.111. The van der Waals surface area contributed by atoms with Crippen molar-refractivity contribution in [2.75, 3.05) is 13.2 Å². The average Bonchev–Trinajstić information content (AvgIpc) is 3.14. The minimum absolute atomic E-state index is 0.192. The summed E-state index contributed by atoms with van der Waals surface area (Å²) in [6.07, 6.45) is 1.54. The largest absolute Gasteiger partial charge is 0.491 e. The Kier molecular flexibility index (Phi) is 4.69. The molecule has 0 fully saturated rings. The number of carbonyl (C=O) groups excluding carboxylic acids is 1. The van der Waals surface area contributed by atoms with Gasteiger partial charge in [-0.15, -0.1) is 0 Å². The van der Waals surface area contributed by atoms with Gasteiger partial charge in [-0.25, -0.2) is 0 Å². The van der Waals surface area contributed by atoms with Gasteiger partial charge in [0.1, 0.15) is 18.1 Å². The molecule has 0 saturated carbocycles. The number of carbonyl (C=O) groups is 1. The van der Waals surface area contributed by atoms with E-state index in [0.717, 1.165) is 16.9 Å². The Balaban J connectivity index is 1.58. The smallest absolute Gasteiger partial charge is 0.269 e. The summed E-state index contributed by atoms with van der Waals surface area (Å²) < 4.78 is 5.82. The quantitative estimate of drug-likeness (QED) is 0.688. The molecule has 0 aliphatic rings. The number of nitrogens with one attached hydrogen (secondary N) is 2. The van der Waals surface area contributed by atoms with E-state index in [9.17, 15) is 4.79 Å². The Bertz CT molecular complexity index is 755. The SMILES string of the molecule is O=C(NCCOc1ccccc1-c1ccccc1)c1ccn[nH]1. The lowest BCUT2D eigenvalue weighted by molar-refractivity contribution is 0.0942. The minimum atomic E-state index is -0.192. The van der Waals surface area contributed by atoms with Gasteiger partial charge in [-0.3, -0.25) is 9.89 Å². The molecule has 1 amide bonds. The monoisotopic (exact) mass is 307 g/mol. The second-order valence-electron chi connectivity index (χ2n) is 4.94. The summed E-state index contributed by atoms with van der Waals surface area (Å²) >= 11 is 0. The van der Waals surface area contributed by atoms with Crippen LogP contribution < -0.4 is 10.1 Å². The molecule has 0 radical (unpaired) electrons. The molecule has 0 atom stereocenters. The Hall–Kier alpha value is -3.08. The first-order valence-corrected chi connectivity index (χ1v) is 7.39. The van der Waals surface area contributed by atoms with Crippen molar-refractivity contribution >= 4 is 5.91 Å². The van der Waals surface area contributed by atoms with Gasteiger partial charge in [0.15, 0.2) is 0 Å². The number of aromatic nitrogens is 2. The molecule has 116 valence electrons. The van der Waals surface area contributed by atoms with Crippen molar-refractivity contribution in [3.63, 3.8) is 0 Å². The van der Waals surface area contributed by atoms with Crippen molar-refractivity contribution in [1.82, 2.24) is 15.5 Å². The number of ether oxygens (including phenoxy) is 1. The van der Waals surface area contributed by atoms with Gasteiger partial charge >= 0.3 is 0 Å². The molecule has 0 spiro atoms. The van der Waals surface area contributed by atoms with Crippen LogP contribution in [-0.4, -0.2) is 29.3 Å². The predicted molar refractivity (Wildman–Crippen MR) is 88.3 cm³/mol. The first-order chi connectivity index (χ1) is 11.3. The van der Waals surface area contributed by atoms with Crippen LogP contribution in [0.3, 0.4) is 0 Å². The Labute approximate surface area is 134 Å². The average molecular weight is 307 g/mol. The zero-order chi connectivity index (χ0) is 15.9. The topological polar surface area (TPSA) is 67.0 Å². The van der Waals surface area contributed by atoms with Crippen LogP contribution in [0.15, 0.2) is 66.9 Å². The van der Waals surface area contributed by atoms with E-state index in [2.05, 4.69) is 15.5 Å². The highest BCUT2D eigenvalue weighted by Gasteiger charge is 2.07. The van der Waals surface area contributed by atoms with Gasteiger partial charge in [-0.05, 0) is 17.7 Å². The molecule has 2 N–H and O–H groups in total. The molecule has 2 aromatic carbocycles. The highest BCUT2D eigenvalue weighted by molar-refractivity contribution is 5.92. The molecule has 23 heavy (non-hydrogen) atoms. The Morgan fingerprint density at radius 1 is 1.04 bits per heavy atom. The Morgan fingerprint density at radius 2 is 1.83 bits per heavy atom. The minimum Gasteiger partial charge on any atom is -0.491 e. The normalized spacial score (nSPS) is 10.3. The summed E-state index contributed by atoms with van der Waals surface area (Å²) in [5.74, 6) is 0.608. The summed E-state index contributed by atoms with van der Waals surface area (Å²) in [4.78, 5) is 11.8. The standard InChI is InChI=1S/C18H17N3O2/c22-18(16-10-11-20-21-16)19-12-13-23-17-9-5-4-8-15(17)14-6-2-1-3-7-14/h1-11H,12-13H2,(H,19,22)(H,20,21). The molecule has 3 aromatic rings. The van der Waals surface area contributed by atoms with Gasteiger partial charge in [-0.1, -0.05) is 48.5 Å². The number of hydrogen-bond donors (Lipinski definition) is 2. The molecule has 1 heterocycles. The zero-order valence-electron chi connectivity index (χ0n) is 12.5. The van der Waals surface area contributed by atoms with Gasteiger partial charge in [0.2, 0.25) is 0 Å². The van der Waals surface area contributed by atoms with Crippen LogP contribution in [0.2, 0.25) is 0 Å². The molecular formula is C18H17N3O2. The fourth-order valence-electron chi connectivity index (χ4n) is 2.25. The summed E-state index contributed by atoms with van der Waals surface area (Å²) in [5.41, 5.74) is 2.58. The van der Waals surface area contributed by atoms with E-state index >= 15 is 0 Å². The van der Waals surface area contributed by atoms with Crippen LogP contribution in [0.5, 0.6) is 5.75 Å². The molecule has 0 bridgehead atoms. The van der Waals surface area contributed by atoms with Crippen molar-refractivity contribution in [3.8, 4) is 16.9 Å². The summed E-state index contributed by atoms with van der Waals surface area (Å²) in [6.45, 7) is 0.810. The van der Waals surface area contributed by atoms with Crippen LogP contribution in [0, 0.1) is 0 Å². The van der Waals surface area contributed by atoms with E-state index in [1.165, 1.54) is 0 Å². The molecule has 3 rings (SSSR count). The highest BCUT2D eigenvalue weighted by atomic mass is 16.5. The number of benzene rings is 2. The number of para-hydroxylation sites is 1. The van der Waals surface area contributed by atoms with E-state index in [0.29, 0.717) is 18.8 Å². The van der Waals surface area contributed by atoms with Crippen molar-refractivity contribution in [2.24, 2.45) is 0 Å². The molecule has 0 saturated heterocycles. The van der Waals surface area contributed by atoms with Crippen molar-refractivity contribution in [2.45, 2.75) is 0 Å². The van der Waals surface area contributed by atoms with Crippen molar-refractivity contribution in [3.05, 3.63) is 72.6 Å². The number of aromatic amines is 1. The van der Waals surface area contributed by atoms with Crippen LogP contribution >= 0.6 is 0 Å². The van der Waals surface area contributed by atoms with E-state index in [1.54, 1.807) is 12.3 Å². The number of H-pyrrole nitrogens is 1. The van der Waals surface area contributed by atoms with Crippen LogP contribution in [0.1, 0.15) is 10.5 Å². The second kappa shape index (κ2) is 7.26. The first-order valence-electron chi connectivity index (χ1n) is 7.39. The number of rotatable bonds is 6. The van der Waals surface area contributed by atoms with Crippen LogP contribution in [0.4, 0.5) is 0 Å². The van der Waals surface area contributed by atoms with E-state index < -0.39 is 0 Å². The van der Waals surface area contributed by atoms with E-state index in [1.807, 2.05) is 54.6 Å².